The Hall–Kier alpha value is -2.06. The molecule has 4 nitrogen and oxygen atoms in total. The molecular formula is C18H17F3N2O2S. The fourth-order valence-electron chi connectivity index (χ4n) is 3.52. The van der Waals surface area contributed by atoms with E-state index in [1.165, 1.54) is 6.07 Å². The zero-order chi connectivity index (χ0) is 18.3. The van der Waals surface area contributed by atoms with Crippen LogP contribution in [-0.2, 0) is 6.18 Å². The normalized spacial score (nSPS) is 24.7. The number of halogens is 3. The van der Waals surface area contributed by atoms with Crippen molar-refractivity contribution in [2.24, 2.45) is 5.92 Å². The van der Waals surface area contributed by atoms with Crippen LogP contribution in [0.15, 0.2) is 36.4 Å². The Balaban J connectivity index is 1.37. The quantitative estimate of drug-likeness (QED) is 0.869. The highest BCUT2D eigenvalue weighted by molar-refractivity contribution is 7.13. The summed E-state index contributed by atoms with van der Waals surface area (Å²) >= 11 is 0.542. The van der Waals surface area contributed by atoms with Crippen LogP contribution < -0.4 is 10.1 Å². The van der Waals surface area contributed by atoms with Crippen LogP contribution in [0.2, 0.25) is 0 Å². The van der Waals surface area contributed by atoms with E-state index in [9.17, 15) is 18.0 Å². The predicted octanol–water partition coefficient (Wildman–Crippen LogP) is 3.99. The van der Waals surface area contributed by atoms with Gasteiger partial charge in [0, 0.05) is 24.7 Å². The number of alkyl halides is 3. The molecule has 1 N–H and O–H groups in total. The molecule has 26 heavy (non-hydrogen) atoms. The van der Waals surface area contributed by atoms with Gasteiger partial charge in [-0.3, -0.25) is 4.79 Å². The van der Waals surface area contributed by atoms with Crippen LogP contribution in [0.25, 0.3) is 0 Å². The molecule has 0 spiro atoms. The minimum atomic E-state index is -4.37. The molecule has 2 aromatic rings. The Bertz CT molecular complexity index is 804. The molecule has 2 bridgehead atoms. The van der Waals surface area contributed by atoms with Crippen molar-refractivity contribution in [2.75, 3.05) is 19.6 Å². The number of nitrogens with zero attached hydrogens (tertiary/aromatic N) is 1. The monoisotopic (exact) mass is 382 g/mol. The molecule has 0 aliphatic carbocycles. The van der Waals surface area contributed by atoms with E-state index in [1.807, 2.05) is 0 Å². The minimum absolute atomic E-state index is 0.134. The van der Waals surface area contributed by atoms with Gasteiger partial charge in [-0.05, 0) is 55.3 Å². The second-order valence-corrected chi connectivity index (χ2v) is 7.68. The summed E-state index contributed by atoms with van der Waals surface area (Å²) in [6.45, 7) is 3.07. The van der Waals surface area contributed by atoms with E-state index in [2.05, 4.69) is 10.2 Å². The number of thiophene rings is 1. The second kappa shape index (κ2) is 6.59. The number of carbonyl (C=O) groups is 1. The van der Waals surface area contributed by atoms with Gasteiger partial charge in [0.25, 0.3) is 5.91 Å². The van der Waals surface area contributed by atoms with Gasteiger partial charge in [-0.1, -0.05) is 11.3 Å². The molecule has 1 aromatic carbocycles. The summed E-state index contributed by atoms with van der Waals surface area (Å²) in [6.07, 6.45) is -3.25. The molecule has 0 radical (unpaired) electrons. The van der Waals surface area contributed by atoms with Gasteiger partial charge in [0.15, 0.2) is 5.06 Å². The van der Waals surface area contributed by atoms with Crippen molar-refractivity contribution in [3.63, 3.8) is 0 Å². The lowest BCUT2D eigenvalue weighted by atomic mass is 9.99. The zero-order valence-electron chi connectivity index (χ0n) is 13.8. The molecule has 4 rings (SSSR count). The molecule has 1 aromatic heterocycles. The molecule has 8 heteroatoms. The Morgan fingerprint density at radius 2 is 1.92 bits per heavy atom. The SMILES string of the molecule is O=C(NC1CN2CCC1C2)c1ccc(Oc2ccc(C(F)(F)F)s2)cc1. The van der Waals surface area contributed by atoms with Gasteiger partial charge in [0.1, 0.15) is 10.6 Å². The van der Waals surface area contributed by atoms with Crippen LogP contribution in [0.1, 0.15) is 21.7 Å². The van der Waals surface area contributed by atoms with Crippen molar-refractivity contribution < 1.29 is 22.7 Å². The van der Waals surface area contributed by atoms with Crippen molar-refractivity contribution >= 4 is 17.2 Å². The van der Waals surface area contributed by atoms with Gasteiger partial charge in [-0.2, -0.15) is 13.2 Å². The average molecular weight is 382 g/mol. The number of benzene rings is 1. The number of ether oxygens (including phenoxy) is 1. The summed E-state index contributed by atoms with van der Waals surface area (Å²) in [5, 5.41) is 3.23. The number of hydrogen-bond acceptors (Lipinski definition) is 4. The summed E-state index contributed by atoms with van der Waals surface area (Å²) < 4.78 is 43.3. The highest BCUT2D eigenvalue weighted by Gasteiger charge is 2.38. The van der Waals surface area contributed by atoms with E-state index in [-0.39, 0.29) is 17.0 Å². The standard InChI is InChI=1S/C18H17F3N2O2S/c19-18(20,21)15-5-6-16(26-15)25-13-3-1-11(2-4-13)17(24)22-14-10-23-8-7-12(14)9-23/h1-6,12,14H,7-10H2,(H,22,24). The summed E-state index contributed by atoms with van der Waals surface area (Å²) in [5.41, 5.74) is 0.511. The Labute approximate surface area is 152 Å². The zero-order valence-corrected chi connectivity index (χ0v) is 14.6. The number of hydrogen-bond donors (Lipinski definition) is 1. The van der Waals surface area contributed by atoms with Crippen molar-refractivity contribution in [3.8, 4) is 10.8 Å². The van der Waals surface area contributed by atoms with Gasteiger partial charge in [-0.15, -0.1) is 0 Å². The van der Waals surface area contributed by atoms with E-state index < -0.39 is 11.1 Å². The number of amides is 1. The number of rotatable bonds is 4. The van der Waals surface area contributed by atoms with Crippen LogP contribution in [0.3, 0.4) is 0 Å². The maximum atomic E-state index is 12.6. The third kappa shape index (κ3) is 3.57. The number of nitrogens with one attached hydrogen (secondary N) is 1. The first-order valence-electron chi connectivity index (χ1n) is 8.37. The van der Waals surface area contributed by atoms with Crippen molar-refractivity contribution in [1.29, 1.82) is 0 Å². The first-order chi connectivity index (χ1) is 12.4. The minimum Gasteiger partial charge on any atom is -0.447 e. The molecule has 2 fully saturated rings. The fraction of sp³-hybridized carbons (Fsp3) is 0.389. The van der Waals surface area contributed by atoms with E-state index in [1.54, 1.807) is 24.3 Å². The highest BCUT2D eigenvalue weighted by atomic mass is 32.1. The smallest absolute Gasteiger partial charge is 0.425 e. The lowest BCUT2D eigenvalue weighted by molar-refractivity contribution is -0.134. The van der Waals surface area contributed by atoms with Gasteiger partial charge in [-0.25, -0.2) is 0 Å². The van der Waals surface area contributed by atoms with Crippen LogP contribution in [-0.4, -0.2) is 36.5 Å². The van der Waals surface area contributed by atoms with Gasteiger partial charge >= 0.3 is 6.18 Å². The van der Waals surface area contributed by atoms with E-state index in [0.29, 0.717) is 28.6 Å². The maximum absolute atomic E-state index is 12.6. The number of piperidine rings is 1. The largest absolute Gasteiger partial charge is 0.447 e. The van der Waals surface area contributed by atoms with Crippen molar-refractivity contribution in [1.82, 2.24) is 10.2 Å². The summed E-state index contributed by atoms with van der Waals surface area (Å²) in [5.74, 6) is 0.789. The van der Waals surface area contributed by atoms with Crippen LogP contribution >= 0.6 is 11.3 Å². The molecule has 3 heterocycles. The third-order valence-corrected chi connectivity index (χ3v) is 5.85. The maximum Gasteiger partial charge on any atom is 0.425 e. The Morgan fingerprint density at radius 3 is 2.50 bits per heavy atom. The molecule has 1 amide bonds. The third-order valence-electron chi connectivity index (χ3n) is 4.84. The average Bonchev–Trinajstić information content (AvgIpc) is 3.31. The first kappa shape index (κ1) is 17.4. The lowest BCUT2D eigenvalue weighted by Crippen LogP contribution is -2.43. The van der Waals surface area contributed by atoms with Crippen LogP contribution in [0, 0.1) is 5.92 Å². The molecule has 138 valence electrons. The lowest BCUT2D eigenvalue weighted by Gasteiger charge is -2.23. The van der Waals surface area contributed by atoms with Crippen molar-refractivity contribution in [2.45, 2.75) is 18.6 Å². The van der Waals surface area contributed by atoms with Crippen LogP contribution in [0.4, 0.5) is 13.2 Å². The molecule has 3 atom stereocenters. The van der Waals surface area contributed by atoms with Gasteiger partial charge in [0.2, 0.25) is 0 Å². The van der Waals surface area contributed by atoms with E-state index in [0.717, 1.165) is 32.1 Å². The molecule has 2 aliphatic heterocycles. The summed E-state index contributed by atoms with van der Waals surface area (Å²) in [6, 6.07) is 8.90. The van der Waals surface area contributed by atoms with E-state index in [4.69, 9.17) is 4.74 Å². The van der Waals surface area contributed by atoms with Crippen LogP contribution in [0.5, 0.6) is 10.8 Å². The molecular weight excluding hydrogens is 365 g/mol. The fourth-order valence-corrected chi connectivity index (χ4v) is 4.26. The molecule has 2 aliphatic rings. The Morgan fingerprint density at radius 1 is 1.15 bits per heavy atom. The number of carbonyl (C=O) groups excluding carboxylic acids is 1. The van der Waals surface area contributed by atoms with Gasteiger partial charge in [0.05, 0.1) is 0 Å². The van der Waals surface area contributed by atoms with Gasteiger partial charge < -0.3 is 15.0 Å². The highest BCUT2D eigenvalue weighted by Crippen LogP contribution is 2.39. The molecule has 3 unspecified atom stereocenters. The topological polar surface area (TPSA) is 41.6 Å². The molecule has 2 saturated heterocycles. The summed E-state index contributed by atoms with van der Waals surface area (Å²) in [4.78, 5) is 14.0. The second-order valence-electron chi connectivity index (χ2n) is 6.63. The molecule has 0 saturated carbocycles. The van der Waals surface area contributed by atoms with E-state index >= 15 is 0 Å². The first-order valence-corrected chi connectivity index (χ1v) is 9.18. The van der Waals surface area contributed by atoms with Crippen molar-refractivity contribution in [3.05, 3.63) is 46.8 Å². The predicted molar refractivity (Wildman–Crippen MR) is 91.6 cm³/mol. The Kier molecular flexibility index (Phi) is 4.40. The summed E-state index contributed by atoms with van der Waals surface area (Å²) in [7, 11) is 0. The number of fused-ring (bicyclic) bond motifs is 2.